The van der Waals surface area contributed by atoms with Gasteiger partial charge in [-0.15, -0.1) is 10.2 Å². The molecular weight excluding hydrogens is 347 g/mol. The van der Waals surface area contributed by atoms with Gasteiger partial charge in [0.25, 0.3) is 0 Å². The van der Waals surface area contributed by atoms with E-state index in [0.717, 1.165) is 17.1 Å². The molecule has 2 N–H and O–H groups in total. The highest BCUT2D eigenvalue weighted by Crippen LogP contribution is 2.26. The van der Waals surface area contributed by atoms with E-state index in [-0.39, 0.29) is 17.4 Å². The molecule has 0 spiro atoms. The molecule has 0 unspecified atom stereocenters. The third-order valence-corrected chi connectivity index (χ3v) is 5.45. The van der Waals surface area contributed by atoms with Crippen LogP contribution in [0, 0.1) is 19.7 Å². The van der Waals surface area contributed by atoms with Gasteiger partial charge in [-0.25, -0.2) is 4.39 Å². The molecule has 0 amide bonds. The van der Waals surface area contributed by atoms with Gasteiger partial charge in [0.05, 0.1) is 5.75 Å². The number of aromatic nitrogens is 3. The molecule has 124 valence electrons. The van der Waals surface area contributed by atoms with E-state index >= 15 is 0 Å². The SMILES string of the molecule is Cc1cc(C(=O)CSc2nnc(N)s2)c(C)n1-c1ccc(F)cc1. The number of hydrogen-bond donors (Lipinski definition) is 1. The number of carbonyl (C=O) groups is 1. The van der Waals surface area contributed by atoms with Crippen molar-refractivity contribution in [2.24, 2.45) is 0 Å². The highest BCUT2D eigenvalue weighted by Gasteiger charge is 2.17. The molecule has 0 saturated heterocycles. The minimum atomic E-state index is -0.287. The Morgan fingerprint density at radius 3 is 2.62 bits per heavy atom. The topological polar surface area (TPSA) is 73.8 Å². The van der Waals surface area contributed by atoms with Crippen molar-refractivity contribution < 1.29 is 9.18 Å². The lowest BCUT2D eigenvalue weighted by atomic mass is 10.2. The summed E-state index contributed by atoms with van der Waals surface area (Å²) in [6, 6.07) is 8.07. The van der Waals surface area contributed by atoms with Gasteiger partial charge in [-0.05, 0) is 44.2 Å². The second-order valence-electron chi connectivity index (χ2n) is 5.21. The first-order valence-corrected chi connectivity index (χ1v) is 8.96. The Morgan fingerprint density at radius 2 is 2.00 bits per heavy atom. The van der Waals surface area contributed by atoms with E-state index in [0.29, 0.717) is 15.0 Å². The normalized spacial score (nSPS) is 11.0. The van der Waals surface area contributed by atoms with Crippen molar-refractivity contribution in [3.63, 3.8) is 0 Å². The lowest BCUT2D eigenvalue weighted by Gasteiger charge is -2.09. The van der Waals surface area contributed by atoms with Gasteiger partial charge >= 0.3 is 0 Å². The molecule has 0 bridgehead atoms. The lowest BCUT2D eigenvalue weighted by molar-refractivity contribution is 0.102. The van der Waals surface area contributed by atoms with Gasteiger partial charge in [-0.2, -0.15) is 0 Å². The molecule has 0 saturated carbocycles. The molecule has 24 heavy (non-hydrogen) atoms. The van der Waals surface area contributed by atoms with E-state index in [1.54, 1.807) is 12.1 Å². The fourth-order valence-corrected chi connectivity index (χ4v) is 4.04. The Labute approximate surface area is 146 Å². The van der Waals surface area contributed by atoms with E-state index in [1.807, 2.05) is 24.5 Å². The number of benzene rings is 1. The molecule has 1 aromatic carbocycles. The number of anilines is 1. The second kappa shape index (κ2) is 6.74. The predicted octanol–water partition coefficient (Wildman–Crippen LogP) is 3.64. The van der Waals surface area contributed by atoms with Crippen molar-refractivity contribution >= 4 is 34.0 Å². The smallest absolute Gasteiger partial charge is 0.203 e. The van der Waals surface area contributed by atoms with E-state index in [2.05, 4.69) is 10.2 Å². The van der Waals surface area contributed by atoms with E-state index in [1.165, 1.54) is 35.2 Å². The van der Waals surface area contributed by atoms with E-state index in [9.17, 15) is 9.18 Å². The molecule has 0 aliphatic carbocycles. The molecule has 0 fully saturated rings. The first-order valence-electron chi connectivity index (χ1n) is 7.15. The van der Waals surface area contributed by atoms with Crippen molar-refractivity contribution in [3.8, 4) is 5.69 Å². The van der Waals surface area contributed by atoms with Gasteiger partial charge in [0, 0.05) is 22.6 Å². The second-order valence-corrected chi connectivity index (χ2v) is 7.45. The van der Waals surface area contributed by atoms with Crippen molar-refractivity contribution in [2.45, 2.75) is 18.2 Å². The Morgan fingerprint density at radius 1 is 1.29 bits per heavy atom. The number of carbonyl (C=O) groups excluding carboxylic acids is 1. The molecule has 2 heterocycles. The van der Waals surface area contributed by atoms with Crippen molar-refractivity contribution in [1.82, 2.24) is 14.8 Å². The lowest BCUT2D eigenvalue weighted by Crippen LogP contribution is -2.05. The minimum absolute atomic E-state index is 0.00948. The van der Waals surface area contributed by atoms with E-state index < -0.39 is 0 Å². The van der Waals surface area contributed by atoms with Crippen LogP contribution < -0.4 is 5.73 Å². The maximum atomic E-state index is 13.1. The average Bonchev–Trinajstić information content (AvgIpc) is 3.09. The molecule has 3 rings (SSSR count). The summed E-state index contributed by atoms with van der Waals surface area (Å²) in [5.41, 5.74) is 8.78. The summed E-state index contributed by atoms with van der Waals surface area (Å²) in [5.74, 6) is -0.0111. The van der Waals surface area contributed by atoms with Crippen LogP contribution in [0.25, 0.3) is 5.69 Å². The number of halogens is 1. The molecule has 2 aromatic heterocycles. The Bertz CT molecular complexity index is 886. The van der Waals surface area contributed by atoms with Gasteiger partial charge in [0.2, 0.25) is 5.13 Å². The Kier molecular flexibility index (Phi) is 4.68. The van der Waals surface area contributed by atoms with Crippen LogP contribution in [0.5, 0.6) is 0 Å². The fourth-order valence-electron chi connectivity index (χ4n) is 2.52. The number of nitrogens with zero attached hydrogens (tertiary/aromatic N) is 3. The van der Waals surface area contributed by atoms with Crippen molar-refractivity contribution in [1.29, 1.82) is 0 Å². The molecule has 0 radical (unpaired) electrons. The molecule has 0 aliphatic rings. The highest BCUT2D eigenvalue weighted by atomic mass is 32.2. The average molecular weight is 362 g/mol. The number of thioether (sulfide) groups is 1. The largest absolute Gasteiger partial charge is 0.374 e. The van der Waals surface area contributed by atoms with E-state index in [4.69, 9.17) is 5.73 Å². The summed E-state index contributed by atoms with van der Waals surface area (Å²) < 4.78 is 15.7. The first-order chi connectivity index (χ1) is 11.5. The fraction of sp³-hybridized carbons (Fsp3) is 0.188. The first kappa shape index (κ1) is 16.7. The van der Waals surface area contributed by atoms with Crippen LogP contribution in [-0.2, 0) is 0 Å². The van der Waals surface area contributed by atoms with Gasteiger partial charge in [0.1, 0.15) is 5.82 Å². The van der Waals surface area contributed by atoms with Crippen LogP contribution in [-0.4, -0.2) is 26.3 Å². The molecule has 5 nitrogen and oxygen atoms in total. The van der Waals surface area contributed by atoms with Gasteiger partial charge in [-0.1, -0.05) is 23.1 Å². The molecule has 0 aliphatic heterocycles. The molecule has 8 heteroatoms. The number of rotatable bonds is 5. The number of ketones is 1. The number of nitrogen functional groups attached to an aromatic ring is 1. The van der Waals surface area contributed by atoms with Crippen LogP contribution >= 0.6 is 23.1 Å². The number of aryl methyl sites for hydroxylation is 1. The Hall–Kier alpha value is -2.19. The quantitative estimate of drug-likeness (QED) is 0.554. The maximum absolute atomic E-state index is 13.1. The monoisotopic (exact) mass is 362 g/mol. The van der Waals surface area contributed by atoms with Gasteiger partial charge in [-0.3, -0.25) is 4.79 Å². The number of Topliss-reactive ketones (excluding diaryl/α,β-unsaturated/α-hetero) is 1. The van der Waals surface area contributed by atoms with Crippen LogP contribution in [0.4, 0.5) is 9.52 Å². The van der Waals surface area contributed by atoms with Gasteiger partial charge in [0.15, 0.2) is 10.1 Å². The van der Waals surface area contributed by atoms with Crippen molar-refractivity contribution in [2.75, 3.05) is 11.5 Å². The van der Waals surface area contributed by atoms with Crippen molar-refractivity contribution in [3.05, 3.63) is 53.1 Å². The zero-order valence-corrected chi connectivity index (χ0v) is 14.7. The highest BCUT2D eigenvalue weighted by molar-refractivity contribution is 8.01. The minimum Gasteiger partial charge on any atom is -0.374 e. The Balaban J connectivity index is 1.82. The zero-order chi connectivity index (χ0) is 17.3. The van der Waals surface area contributed by atoms with Crippen LogP contribution in [0.2, 0.25) is 0 Å². The van der Waals surface area contributed by atoms with Crippen LogP contribution in [0.3, 0.4) is 0 Å². The molecule has 3 aromatic rings. The standard InChI is InChI=1S/C16H15FN4OS2/c1-9-7-13(14(22)8-23-16-20-19-15(18)24-16)10(2)21(9)12-5-3-11(17)4-6-12/h3-7H,8H2,1-2H3,(H2,18,19). The molecule has 0 atom stereocenters. The summed E-state index contributed by atoms with van der Waals surface area (Å²) >= 11 is 2.58. The summed E-state index contributed by atoms with van der Waals surface area (Å²) in [7, 11) is 0. The van der Waals surface area contributed by atoms with Crippen LogP contribution in [0.1, 0.15) is 21.7 Å². The zero-order valence-electron chi connectivity index (χ0n) is 13.1. The number of nitrogens with two attached hydrogens (primary N) is 1. The third-order valence-electron chi connectivity index (χ3n) is 3.57. The summed E-state index contributed by atoms with van der Waals surface area (Å²) in [6.45, 7) is 3.81. The third kappa shape index (κ3) is 3.34. The van der Waals surface area contributed by atoms with Gasteiger partial charge < -0.3 is 10.3 Å². The maximum Gasteiger partial charge on any atom is 0.203 e. The summed E-state index contributed by atoms with van der Waals surface area (Å²) in [5, 5.41) is 8.01. The number of hydrogen-bond acceptors (Lipinski definition) is 6. The summed E-state index contributed by atoms with van der Waals surface area (Å²) in [6.07, 6.45) is 0. The summed E-state index contributed by atoms with van der Waals surface area (Å²) in [4.78, 5) is 12.5. The van der Waals surface area contributed by atoms with Crippen LogP contribution in [0.15, 0.2) is 34.7 Å². The molecular formula is C16H15FN4OS2. The predicted molar refractivity (Wildman–Crippen MR) is 94.6 cm³/mol.